The van der Waals surface area contributed by atoms with Crippen molar-refractivity contribution in [2.24, 2.45) is 0 Å². The van der Waals surface area contributed by atoms with Crippen molar-refractivity contribution in [3.8, 4) is 5.75 Å². The molecule has 6 nitrogen and oxygen atoms in total. The normalized spacial score (nSPS) is 11.1. The molecule has 3 rings (SSSR count). The lowest BCUT2D eigenvalue weighted by Crippen LogP contribution is -2.38. The van der Waals surface area contributed by atoms with Gasteiger partial charge in [0.25, 0.3) is 10.0 Å². The Bertz CT molecular complexity index is 1210. The Hall–Kier alpha value is -2.81. The van der Waals surface area contributed by atoms with Gasteiger partial charge in [-0.15, -0.1) is 0 Å². The number of hydrogen-bond acceptors (Lipinski definition) is 4. The van der Waals surface area contributed by atoms with E-state index in [2.05, 4.69) is 5.32 Å². The first kappa shape index (κ1) is 22.9. The molecule has 3 aromatic carbocycles. The second-order valence-corrected chi connectivity index (χ2v) is 9.02. The third-order valence-electron chi connectivity index (χ3n) is 4.23. The van der Waals surface area contributed by atoms with Crippen molar-refractivity contribution in [3.63, 3.8) is 0 Å². The average Bonchev–Trinajstić information content (AvgIpc) is 2.75. The third kappa shape index (κ3) is 5.28. The molecule has 0 atom stereocenters. The molecule has 0 aromatic heterocycles. The molecular formula is C21H17Cl2FN2O4S. The van der Waals surface area contributed by atoms with Crippen LogP contribution in [0.15, 0.2) is 71.6 Å². The van der Waals surface area contributed by atoms with E-state index in [1.165, 1.54) is 49.6 Å². The fourth-order valence-electron chi connectivity index (χ4n) is 2.78. The number of ether oxygens (including phenoxy) is 1. The maximum Gasteiger partial charge on any atom is 0.264 e. The summed E-state index contributed by atoms with van der Waals surface area (Å²) in [5.74, 6) is -1.11. The first-order valence-corrected chi connectivity index (χ1v) is 11.1. The number of anilines is 2. The zero-order chi connectivity index (χ0) is 22.6. The van der Waals surface area contributed by atoms with Gasteiger partial charge in [0, 0.05) is 10.7 Å². The fourth-order valence-corrected chi connectivity index (χ4v) is 4.57. The molecule has 162 valence electrons. The van der Waals surface area contributed by atoms with Crippen LogP contribution >= 0.6 is 23.2 Å². The summed E-state index contributed by atoms with van der Waals surface area (Å²) in [4.78, 5) is 12.7. The van der Waals surface area contributed by atoms with E-state index in [9.17, 15) is 17.6 Å². The highest BCUT2D eigenvalue weighted by atomic mass is 35.5. The van der Waals surface area contributed by atoms with E-state index in [0.717, 1.165) is 10.4 Å². The number of carbonyl (C=O) groups excluding carboxylic acids is 1. The standard InChI is InChI=1S/C21H17Cl2FN2O4S/c1-30-20-10-7-14(22)11-19(20)26(31(28,29)16-5-3-2-4-6-16)13-21(27)25-15-8-9-18(24)17(23)12-15/h2-12H,13H2,1H3,(H,25,27). The van der Waals surface area contributed by atoms with E-state index in [0.29, 0.717) is 0 Å². The van der Waals surface area contributed by atoms with Crippen molar-refractivity contribution >= 4 is 50.5 Å². The highest BCUT2D eigenvalue weighted by molar-refractivity contribution is 7.92. The molecule has 10 heteroatoms. The molecule has 0 saturated heterocycles. The molecule has 0 bridgehead atoms. The minimum atomic E-state index is -4.16. The largest absolute Gasteiger partial charge is 0.495 e. The van der Waals surface area contributed by atoms with Gasteiger partial charge in [-0.3, -0.25) is 9.10 Å². The second-order valence-electron chi connectivity index (χ2n) is 6.32. The molecule has 0 saturated carbocycles. The Kier molecular flexibility index (Phi) is 7.04. The van der Waals surface area contributed by atoms with E-state index in [1.807, 2.05) is 0 Å². The number of nitrogens with one attached hydrogen (secondary N) is 1. The summed E-state index contributed by atoms with van der Waals surface area (Å²) >= 11 is 11.8. The van der Waals surface area contributed by atoms with Crippen LogP contribution in [0.2, 0.25) is 10.0 Å². The van der Waals surface area contributed by atoms with Crippen molar-refractivity contribution in [3.05, 3.63) is 82.6 Å². The smallest absolute Gasteiger partial charge is 0.264 e. The summed E-state index contributed by atoms with van der Waals surface area (Å²) in [6.45, 7) is -0.594. The van der Waals surface area contributed by atoms with Gasteiger partial charge in [0.05, 0.1) is 22.7 Å². The number of hydrogen-bond donors (Lipinski definition) is 1. The Balaban J connectivity index is 2.01. The number of sulfonamides is 1. The molecule has 0 fully saturated rings. The number of benzene rings is 3. The van der Waals surface area contributed by atoms with Crippen LogP contribution in [-0.2, 0) is 14.8 Å². The lowest BCUT2D eigenvalue weighted by molar-refractivity contribution is -0.114. The van der Waals surface area contributed by atoms with Crippen molar-refractivity contribution in [1.29, 1.82) is 0 Å². The Labute approximate surface area is 189 Å². The molecule has 3 aromatic rings. The van der Waals surface area contributed by atoms with Crippen LogP contribution in [0.3, 0.4) is 0 Å². The van der Waals surface area contributed by atoms with Gasteiger partial charge in [-0.25, -0.2) is 12.8 Å². The molecule has 0 unspecified atom stereocenters. The zero-order valence-electron chi connectivity index (χ0n) is 16.2. The molecule has 0 aliphatic heterocycles. The second kappa shape index (κ2) is 9.55. The molecule has 0 aliphatic carbocycles. The molecule has 0 heterocycles. The summed E-state index contributed by atoms with van der Waals surface area (Å²) in [5.41, 5.74) is 0.303. The average molecular weight is 483 g/mol. The van der Waals surface area contributed by atoms with Gasteiger partial charge in [0.2, 0.25) is 5.91 Å². The predicted octanol–water partition coefficient (Wildman–Crippen LogP) is 4.98. The summed E-state index contributed by atoms with van der Waals surface area (Å²) in [6.07, 6.45) is 0. The van der Waals surface area contributed by atoms with Crippen LogP contribution in [0.1, 0.15) is 0 Å². The highest BCUT2D eigenvalue weighted by Crippen LogP contribution is 2.34. The highest BCUT2D eigenvalue weighted by Gasteiger charge is 2.29. The van der Waals surface area contributed by atoms with E-state index in [1.54, 1.807) is 18.2 Å². The van der Waals surface area contributed by atoms with Crippen molar-refractivity contribution < 1.29 is 22.3 Å². The maximum absolute atomic E-state index is 13.4. The summed E-state index contributed by atoms with van der Waals surface area (Å²) in [7, 11) is -2.78. The molecule has 1 amide bonds. The van der Waals surface area contributed by atoms with Crippen LogP contribution in [-0.4, -0.2) is 28.0 Å². The van der Waals surface area contributed by atoms with Gasteiger partial charge in [0.1, 0.15) is 18.1 Å². The predicted molar refractivity (Wildman–Crippen MR) is 119 cm³/mol. The van der Waals surface area contributed by atoms with Gasteiger partial charge in [-0.1, -0.05) is 41.4 Å². The lowest BCUT2D eigenvalue weighted by Gasteiger charge is -2.26. The lowest BCUT2D eigenvalue weighted by atomic mass is 10.3. The maximum atomic E-state index is 13.4. The SMILES string of the molecule is COc1ccc(Cl)cc1N(CC(=O)Nc1ccc(F)c(Cl)c1)S(=O)(=O)c1ccccc1. The minimum absolute atomic E-state index is 0.0188. The van der Waals surface area contributed by atoms with E-state index < -0.39 is 28.3 Å². The van der Waals surface area contributed by atoms with Crippen molar-refractivity contribution in [2.75, 3.05) is 23.3 Å². The summed E-state index contributed by atoms with van der Waals surface area (Å²) in [6, 6.07) is 15.7. The topological polar surface area (TPSA) is 75.7 Å². The Morgan fingerprint density at radius 3 is 2.42 bits per heavy atom. The van der Waals surface area contributed by atoms with Gasteiger partial charge >= 0.3 is 0 Å². The molecule has 1 N–H and O–H groups in total. The molecule has 31 heavy (non-hydrogen) atoms. The van der Waals surface area contributed by atoms with Crippen LogP contribution in [0, 0.1) is 5.82 Å². The monoisotopic (exact) mass is 482 g/mol. The van der Waals surface area contributed by atoms with Gasteiger partial charge in [0.15, 0.2) is 0 Å². The number of amides is 1. The molecular weight excluding hydrogens is 466 g/mol. The molecule has 0 aliphatic rings. The number of nitrogens with zero attached hydrogens (tertiary/aromatic N) is 1. The first-order valence-electron chi connectivity index (χ1n) is 8.88. The molecule has 0 radical (unpaired) electrons. The molecule has 0 spiro atoms. The van der Waals surface area contributed by atoms with E-state index >= 15 is 0 Å². The number of carbonyl (C=O) groups is 1. The number of rotatable bonds is 7. The van der Waals surface area contributed by atoms with Crippen LogP contribution in [0.5, 0.6) is 5.75 Å². The van der Waals surface area contributed by atoms with Crippen LogP contribution in [0.25, 0.3) is 0 Å². The minimum Gasteiger partial charge on any atom is -0.495 e. The quantitative estimate of drug-likeness (QED) is 0.515. The van der Waals surface area contributed by atoms with Gasteiger partial charge in [-0.05, 0) is 48.5 Å². The first-order chi connectivity index (χ1) is 14.7. The van der Waals surface area contributed by atoms with Crippen LogP contribution < -0.4 is 14.4 Å². The number of halogens is 3. The Morgan fingerprint density at radius 2 is 1.77 bits per heavy atom. The zero-order valence-corrected chi connectivity index (χ0v) is 18.5. The Morgan fingerprint density at radius 1 is 1.06 bits per heavy atom. The number of methoxy groups -OCH3 is 1. The fraction of sp³-hybridized carbons (Fsp3) is 0.0952. The summed E-state index contributed by atoms with van der Waals surface area (Å²) in [5, 5.41) is 2.60. The van der Waals surface area contributed by atoms with Gasteiger partial charge in [-0.2, -0.15) is 0 Å². The van der Waals surface area contributed by atoms with Gasteiger partial charge < -0.3 is 10.1 Å². The third-order valence-corrected chi connectivity index (χ3v) is 6.53. The summed E-state index contributed by atoms with van der Waals surface area (Å²) < 4.78 is 46.3. The van der Waals surface area contributed by atoms with E-state index in [4.69, 9.17) is 27.9 Å². The van der Waals surface area contributed by atoms with Crippen LogP contribution in [0.4, 0.5) is 15.8 Å². The van der Waals surface area contributed by atoms with Crippen molar-refractivity contribution in [1.82, 2.24) is 0 Å². The van der Waals surface area contributed by atoms with Crippen molar-refractivity contribution in [2.45, 2.75) is 4.90 Å². The van der Waals surface area contributed by atoms with E-state index in [-0.39, 0.29) is 32.1 Å².